The first kappa shape index (κ1) is 14.0. The molecule has 1 aliphatic carbocycles. The zero-order chi connectivity index (χ0) is 13.1. The predicted molar refractivity (Wildman–Crippen MR) is 75.6 cm³/mol. The number of hydrogen-bond donors (Lipinski definition) is 0. The Balaban J connectivity index is 1.87. The van der Waals surface area contributed by atoms with E-state index >= 15 is 0 Å². The molecule has 2 aliphatic rings. The summed E-state index contributed by atoms with van der Waals surface area (Å²) >= 11 is 0. The largest absolute Gasteiger partial charge is 0.299 e. The molecule has 1 saturated heterocycles. The van der Waals surface area contributed by atoms with E-state index in [1.54, 1.807) is 0 Å². The minimum absolute atomic E-state index is 0.243. The number of nitrogens with zero attached hydrogens (tertiary/aromatic N) is 1. The van der Waals surface area contributed by atoms with Gasteiger partial charge in [-0.3, -0.25) is 9.69 Å². The fourth-order valence-corrected chi connectivity index (χ4v) is 3.92. The second kappa shape index (κ2) is 6.18. The molecular formula is C16H29NO. The molecule has 0 amide bonds. The first-order valence-corrected chi connectivity index (χ1v) is 7.92. The zero-order valence-corrected chi connectivity index (χ0v) is 12.3. The smallest absolute Gasteiger partial charge is 0.138 e. The molecule has 2 fully saturated rings. The molecule has 2 unspecified atom stereocenters. The molecule has 18 heavy (non-hydrogen) atoms. The fourth-order valence-electron chi connectivity index (χ4n) is 3.92. The monoisotopic (exact) mass is 251 g/mol. The van der Waals surface area contributed by atoms with Gasteiger partial charge in [0.25, 0.3) is 0 Å². The van der Waals surface area contributed by atoms with E-state index in [-0.39, 0.29) is 5.92 Å². The molecule has 0 aromatic carbocycles. The standard InChI is InChI=1S/C16H29NO/c1-4-5-14-6-8-15(9-7-14)17-11-10-16(18)12(2)13(17)3/h12-15H,4-11H2,1-3H3. The van der Waals surface area contributed by atoms with Crippen molar-refractivity contribution >= 4 is 5.78 Å². The Labute approximate surface area is 112 Å². The van der Waals surface area contributed by atoms with Crippen LogP contribution in [0.25, 0.3) is 0 Å². The Morgan fingerprint density at radius 2 is 1.83 bits per heavy atom. The number of rotatable bonds is 3. The zero-order valence-electron chi connectivity index (χ0n) is 12.3. The van der Waals surface area contributed by atoms with Gasteiger partial charge in [-0.05, 0) is 38.5 Å². The molecule has 0 bridgehead atoms. The number of ketones is 1. The van der Waals surface area contributed by atoms with Crippen LogP contribution in [0.15, 0.2) is 0 Å². The molecule has 2 heteroatoms. The molecule has 2 atom stereocenters. The van der Waals surface area contributed by atoms with Gasteiger partial charge in [-0.2, -0.15) is 0 Å². The minimum Gasteiger partial charge on any atom is -0.299 e. The SMILES string of the molecule is CCCC1CCC(N2CCC(=O)C(C)C2C)CC1. The lowest BCUT2D eigenvalue weighted by molar-refractivity contribution is -0.129. The second-order valence-electron chi connectivity index (χ2n) is 6.45. The summed E-state index contributed by atoms with van der Waals surface area (Å²) in [6.07, 6.45) is 9.05. The van der Waals surface area contributed by atoms with E-state index in [0.29, 0.717) is 11.8 Å². The van der Waals surface area contributed by atoms with Crippen LogP contribution in [0.1, 0.15) is 65.7 Å². The maximum atomic E-state index is 11.7. The van der Waals surface area contributed by atoms with Crippen LogP contribution in [0.5, 0.6) is 0 Å². The molecule has 0 radical (unpaired) electrons. The van der Waals surface area contributed by atoms with Gasteiger partial charge in [0.2, 0.25) is 0 Å². The van der Waals surface area contributed by atoms with E-state index in [4.69, 9.17) is 0 Å². The minimum atomic E-state index is 0.243. The highest BCUT2D eigenvalue weighted by Gasteiger charge is 2.35. The van der Waals surface area contributed by atoms with Crippen molar-refractivity contribution in [2.24, 2.45) is 11.8 Å². The first-order valence-electron chi connectivity index (χ1n) is 7.92. The number of Topliss-reactive ketones (excluding diaryl/α,β-unsaturated/α-hetero) is 1. The molecule has 1 heterocycles. The van der Waals surface area contributed by atoms with Crippen LogP contribution in [-0.4, -0.2) is 29.3 Å². The molecule has 0 N–H and O–H groups in total. The van der Waals surface area contributed by atoms with Gasteiger partial charge in [-0.15, -0.1) is 0 Å². The summed E-state index contributed by atoms with van der Waals surface area (Å²) < 4.78 is 0. The maximum Gasteiger partial charge on any atom is 0.138 e. The second-order valence-corrected chi connectivity index (χ2v) is 6.45. The Morgan fingerprint density at radius 1 is 1.17 bits per heavy atom. The molecule has 0 aromatic heterocycles. The van der Waals surface area contributed by atoms with Gasteiger partial charge in [0, 0.05) is 31.0 Å². The lowest BCUT2D eigenvalue weighted by Crippen LogP contribution is -2.52. The predicted octanol–water partition coefficient (Wildman–Crippen LogP) is 3.64. The summed E-state index contributed by atoms with van der Waals surface area (Å²) in [7, 11) is 0. The lowest BCUT2D eigenvalue weighted by Gasteiger charge is -2.44. The lowest BCUT2D eigenvalue weighted by atomic mass is 9.80. The molecular weight excluding hydrogens is 222 g/mol. The summed E-state index contributed by atoms with van der Waals surface area (Å²) in [5, 5.41) is 0. The van der Waals surface area contributed by atoms with Crippen molar-refractivity contribution < 1.29 is 4.79 Å². The van der Waals surface area contributed by atoms with Crippen molar-refractivity contribution in [2.75, 3.05) is 6.54 Å². The van der Waals surface area contributed by atoms with Crippen molar-refractivity contribution in [1.29, 1.82) is 0 Å². The number of hydrogen-bond acceptors (Lipinski definition) is 2. The van der Waals surface area contributed by atoms with E-state index in [1.165, 1.54) is 38.5 Å². The van der Waals surface area contributed by atoms with Crippen molar-refractivity contribution in [3.63, 3.8) is 0 Å². The average Bonchev–Trinajstić information content (AvgIpc) is 2.38. The quantitative estimate of drug-likeness (QED) is 0.763. The first-order chi connectivity index (χ1) is 8.63. The van der Waals surface area contributed by atoms with Crippen LogP contribution in [0, 0.1) is 11.8 Å². The molecule has 104 valence electrons. The highest BCUT2D eigenvalue weighted by molar-refractivity contribution is 5.82. The fraction of sp³-hybridized carbons (Fsp3) is 0.938. The molecule has 2 rings (SSSR count). The number of piperidine rings is 1. The summed E-state index contributed by atoms with van der Waals surface area (Å²) in [6, 6.07) is 1.21. The van der Waals surface area contributed by atoms with E-state index in [9.17, 15) is 4.79 Å². The molecule has 1 saturated carbocycles. The van der Waals surface area contributed by atoms with Crippen molar-refractivity contribution in [3.05, 3.63) is 0 Å². The molecule has 0 aromatic rings. The third kappa shape index (κ3) is 2.96. The maximum absolute atomic E-state index is 11.7. The Kier molecular flexibility index (Phi) is 4.83. The van der Waals surface area contributed by atoms with E-state index in [0.717, 1.165) is 24.9 Å². The van der Waals surface area contributed by atoms with Crippen molar-refractivity contribution in [1.82, 2.24) is 4.90 Å². The number of carbonyl (C=O) groups is 1. The van der Waals surface area contributed by atoms with E-state index in [2.05, 4.69) is 25.7 Å². The third-order valence-corrected chi connectivity index (χ3v) is 5.35. The Morgan fingerprint density at radius 3 is 2.44 bits per heavy atom. The van der Waals surface area contributed by atoms with Crippen LogP contribution in [0.2, 0.25) is 0 Å². The van der Waals surface area contributed by atoms with E-state index in [1.807, 2.05) is 0 Å². The van der Waals surface area contributed by atoms with E-state index < -0.39 is 0 Å². The average molecular weight is 251 g/mol. The van der Waals surface area contributed by atoms with Gasteiger partial charge in [-0.25, -0.2) is 0 Å². The number of likely N-dealkylation sites (tertiary alicyclic amines) is 1. The van der Waals surface area contributed by atoms with Crippen LogP contribution in [0.4, 0.5) is 0 Å². The Hall–Kier alpha value is -0.370. The van der Waals surface area contributed by atoms with Crippen molar-refractivity contribution in [2.45, 2.75) is 77.8 Å². The van der Waals surface area contributed by atoms with Crippen LogP contribution < -0.4 is 0 Å². The van der Waals surface area contributed by atoms with Gasteiger partial charge in [0.15, 0.2) is 0 Å². The van der Waals surface area contributed by atoms with Gasteiger partial charge >= 0.3 is 0 Å². The molecule has 1 aliphatic heterocycles. The van der Waals surface area contributed by atoms with Crippen molar-refractivity contribution in [3.8, 4) is 0 Å². The summed E-state index contributed by atoms with van der Waals surface area (Å²) in [4.78, 5) is 14.4. The van der Waals surface area contributed by atoms with Gasteiger partial charge in [0.1, 0.15) is 5.78 Å². The summed E-state index contributed by atoms with van der Waals surface area (Å²) in [5.74, 6) is 1.69. The third-order valence-electron chi connectivity index (χ3n) is 5.35. The topological polar surface area (TPSA) is 20.3 Å². The van der Waals surface area contributed by atoms with Crippen LogP contribution in [0.3, 0.4) is 0 Å². The summed E-state index contributed by atoms with van der Waals surface area (Å²) in [5.41, 5.74) is 0. The van der Waals surface area contributed by atoms with Gasteiger partial charge in [-0.1, -0.05) is 26.7 Å². The highest BCUT2D eigenvalue weighted by atomic mass is 16.1. The summed E-state index contributed by atoms with van der Waals surface area (Å²) in [6.45, 7) is 7.67. The van der Waals surface area contributed by atoms with Gasteiger partial charge < -0.3 is 0 Å². The number of carbonyl (C=O) groups excluding carboxylic acids is 1. The normalized spacial score (nSPS) is 38.9. The van der Waals surface area contributed by atoms with Crippen LogP contribution in [-0.2, 0) is 4.79 Å². The van der Waals surface area contributed by atoms with Gasteiger partial charge in [0.05, 0.1) is 0 Å². The molecule has 0 spiro atoms. The van der Waals surface area contributed by atoms with Crippen LogP contribution >= 0.6 is 0 Å². The Bertz CT molecular complexity index is 281. The molecule has 2 nitrogen and oxygen atoms in total. The highest BCUT2D eigenvalue weighted by Crippen LogP contribution is 2.33.